The van der Waals surface area contributed by atoms with Gasteiger partial charge < -0.3 is 11.1 Å². The molecule has 0 unspecified atom stereocenters. The van der Waals surface area contributed by atoms with Crippen molar-refractivity contribution < 1.29 is 0 Å². The number of hydrogen-bond donors (Lipinski definition) is 2. The van der Waals surface area contributed by atoms with Gasteiger partial charge in [-0.05, 0) is 18.6 Å². The van der Waals surface area contributed by atoms with Gasteiger partial charge in [-0.15, -0.1) is 11.3 Å². The zero-order valence-electron chi connectivity index (χ0n) is 7.31. The van der Waals surface area contributed by atoms with Crippen molar-refractivity contribution >= 4 is 34.5 Å². The van der Waals surface area contributed by atoms with E-state index in [4.69, 9.17) is 28.9 Å². The minimum absolute atomic E-state index is 0.301. The molecule has 1 rings (SSSR count). The highest BCUT2D eigenvalue weighted by molar-refractivity contribution is 7.20. The Kier molecular flexibility index (Phi) is 4.49. The van der Waals surface area contributed by atoms with Crippen LogP contribution in [0.2, 0.25) is 8.67 Å². The number of halogens is 2. The molecule has 0 aliphatic carbocycles. The van der Waals surface area contributed by atoms with Crippen LogP contribution in [-0.4, -0.2) is 12.6 Å². The van der Waals surface area contributed by atoms with E-state index in [9.17, 15) is 0 Å². The van der Waals surface area contributed by atoms with Gasteiger partial charge in [0.1, 0.15) is 0 Å². The van der Waals surface area contributed by atoms with Crippen LogP contribution < -0.4 is 11.1 Å². The second kappa shape index (κ2) is 5.17. The molecule has 5 heteroatoms. The fraction of sp³-hybridized carbons (Fsp3) is 0.500. The summed E-state index contributed by atoms with van der Waals surface area (Å²) in [5, 5.41) is 3.24. The largest absolute Gasteiger partial charge is 0.329 e. The molecule has 2 nitrogen and oxygen atoms in total. The molecule has 1 aromatic heterocycles. The van der Waals surface area contributed by atoms with Crippen LogP contribution in [0, 0.1) is 0 Å². The third-order valence-corrected chi connectivity index (χ3v) is 3.29. The second-order valence-corrected chi connectivity index (χ2v) is 5.15. The molecular formula is C8H12Cl2N2S. The molecule has 3 N–H and O–H groups in total. The van der Waals surface area contributed by atoms with Crippen LogP contribution in [0.15, 0.2) is 6.07 Å². The van der Waals surface area contributed by atoms with Crippen molar-refractivity contribution in [3.63, 3.8) is 0 Å². The summed E-state index contributed by atoms with van der Waals surface area (Å²) in [5.74, 6) is 0. The van der Waals surface area contributed by atoms with Gasteiger partial charge in [-0.25, -0.2) is 0 Å². The van der Waals surface area contributed by atoms with Crippen LogP contribution in [0.25, 0.3) is 0 Å². The first-order valence-corrected chi connectivity index (χ1v) is 5.58. The number of rotatable bonds is 4. The van der Waals surface area contributed by atoms with Crippen LogP contribution in [-0.2, 0) is 6.54 Å². The zero-order valence-corrected chi connectivity index (χ0v) is 9.64. The van der Waals surface area contributed by atoms with Crippen LogP contribution in [0.5, 0.6) is 0 Å². The summed E-state index contributed by atoms with van der Waals surface area (Å²) in [6.07, 6.45) is 0. The molecule has 0 aliphatic rings. The van der Waals surface area contributed by atoms with Crippen LogP contribution in [0.1, 0.15) is 12.5 Å². The van der Waals surface area contributed by atoms with Gasteiger partial charge in [0.2, 0.25) is 0 Å². The normalized spacial score (nSPS) is 13.2. The molecule has 13 heavy (non-hydrogen) atoms. The minimum atomic E-state index is 0.301. The van der Waals surface area contributed by atoms with Gasteiger partial charge >= 0.3 is 0 Å². The molecule has 0 amide bonds. The monoisotopic (exact) mass is 238 g/mol. The molecule has 0 aromatic carbocycles. The van der Waals surface area contributed by atoms with Crippen molar-refractivity contribution in [1.29, 1.82) is 0 Å². The van der Waals surface area contributed by atoms with E-state index in [1.165, 1.54) is 11.3 Å². The van der Waals surface area contributed by atoms with E-state index in [0.29, 0.717) is 12.6 Å². The Labute approximate surface area is 92.0 Å². The van der Waals surface area contributed by atoms with E-state index in [-0.39, 0.29) is 0 Å². The molecule has 0 saturated heterocycles. The molecule has 1 atom stereocenters. The maximum atomic E-state index is 5.93. The zero-order chi connectivity index (χ0) is 9.84. The summed E-state index contributed by atoms with van der Waals surface area (Å²) < 4.78 is 1.48. The van der Waals surface area contributed by atoms with Crippen molar-refractivity contribution in [2.24, 2.45) is 5.73 Å². The maximum absolute atomic E-state index is 5.93. The minimum Gasteiger partial charge on any atom is -0.329 e. The molecule has 0 bridgehead atoms. The third-order valence-electron chi connectivity index (χ3n) is 1.72. The lowest BCUT2D eigenvalue weighted by atomic mass is 10.3. The quantitative estimate of drug-likeness (QED) is 0.847. The summed E-state index contributed by atoms with van der Waals surface area (Å²) in [4.78, 5) is 0. The molecular weight excluding hydrogens is 227 g/mol. The summed E-state index contributed by atoms with van der Waals surface area (Å²) in [7, 11) is 0. The smallest absolute Gasteiger partial charge is 0.0989 e. The van der Waals surface area contributed by atoms with Crippen molar-refractivity contribution in [3.8, 4) is 0 Å². The molecule has 0 aliphatic heterocycles. The van der Waals surface area contributed by atoms with Gasteiger partial charge in [0.25, 0.3) is 0 Å². The van der Waals surface area contributed by atoms with Gasteiger partial charge in [0.15, 0.2) is 0 Å². The topological polar surface area (TPSA) is 38.0 Å². The fourth-order valence-electron chi connectivity index (χ4n) is 0.862. The van der Waals surface area contributed by atoms with Crippen molar-refractivity contribution in [3.05, 3.63) is 20.3 Å². The van der Waals surface area contributed by atoms with Gasteiger partial charge in [-0.3, -0.25) is 0 Å². The van der Waals surface area contributed by atoms with Crippen LogP contribution in [0.4, 0.5) is 0 Å². The Balaban J connectivity index is 2.49. The maximum Gasteiger partial charge on any atom is 0.0989 e. The lowest BCUT2D eigenvalue weighted by Crippen LogP contribution is -2.32. The fourth-order valence-corrected chi connectivity index (χ4v) is 2.35. The predicted molar refractivity (Wildman–Crippen MR) is 59.7 cm³/mol. The first-order valence-electron chi connectivity index (χ1n) is 4.00. The van der Waals surface area contributed by atoms with E-state index in [0.717, 1.165) is 20.8 Å². The average Bonchev–Trinajstić information content (AvgIpc) is 2.41. The Morgan fingerprint density at radius 2 is 2.31 bits per heavy atom. The Morgan fingerprint density at radius 3 is 2.77 bits per heavy atom. The highest BCUT2D eigenvalue weighted by atomic mass is 35.5. The highest BCUT2D eigenvalue weighted by Crippen LogP contribution is 2.30. The first kappa shape index (κ1) is 11.3. The number of hydrogen-bond acceptors (Lipinski definition) is 3. The highest BCUT2D eigenvalue weighted by Gasteiger charge is 2.06. The average molecular weight is 239 g/mol. The van der Waals surface area contributed by atoms with Gasteiger partial charge in [-0.2, -0.15) is 0 Å². The van der Waals surface area contributed by atoms with Crippen molar-refractivity contribution in [2.75, 3.05) is 6.54 Å². The summed E-state index contributed by atoms with van der Waals surface area (Å²) in [5.41, 5.74) is 6.50. The summed E-state index contributed by atoms with van der Waals surface area (Å²) >= 11 is 13.1. The lowest BCUT2D eigenvalue weighted by Gasteiger charge is -2.09. The van der Waals surface area contributed by atoms with Gasteiger partial charge in [0, 0.05) is 19.1 Å². The SMILES string of the molecule is C[C@H](CN)NCc1cc(Cl)sc1Cl. The number of thiophene rings is 1. The molecule has 1 aromatic rings. The summed E-state index contributed by atoms with van der Waals surface area (Å²) in [6, 6.07) is 2.18. The van der Waals surface area contributed by atoms with Crippen LogP contribution in [0.3, 0.4) is 0 Å². The van der Waals surface area contributed by atoms with Crippen molar-refractivity contribution in [1.82, 2.24) is 5.32 Å². The molecule has 1 heterocycles. The third kappa shape index (κ3) is 3.44. The second-order valence-electron chi connectivity index (χ2n) is 2.87. The predicted octanol–water partition coefficient (Wildman–Crippen LogP) is 2.49. The number of nitrogens with two attached hydrogens (primary N) is 1. The molecule has 0 spiro atoms. The van der Waals surface area contributed by atoms with E-state index >= 15 is 0 Å². The van der Waals surface area contributed by atoms with Crippen molar-refractivity contribution in [2.45, 2.75) is 19.5 Å². The van der Waals surface area contributed by atoms with Gasteiger partial charge in [0.05, 0.1) is 8.67 Å². The molecule has 0 fully saturated rings. The van der Waals surface area contributed by atoms with Gasteiger partial charge in [-0.1, -0.05) is 23.2 Å². The van der Waals surface area contributed by atoms with E-state index < -0.39 is 0 Å². The molecule has 74 valence electrons. The van der Waals surface area contributed by atoms with E-state index in [1.54, 1.807) is 0 Å². The molecule has 0 saturated carbocycles. The Bertz CT molecular complexity index is 275. The Morgan fingerprint density at radius 1 is 1.62 bits per heavy atom. The summed E-state index contributed by atoms with van der Waals surface area (Å²) in [6.45, 7) is 3.37. The molecule has 0 radical (unpaired) electrons. The Hall–Kier alpha value is 0.200. The lowest BCUT2D eigenvalue weighted by molar-refractivity contribution is 0.557. The standard InChI is InChI=1S/C8H12Cl2N2S/c1-5(3-11)12-4-6-2-7(9)13-8(6)10/h2,5,12H,3-4,11H2,1H3/t5-/m1/s1. The van der Waals surface area contributed by atoms with E-state index in [1.807, 2.05) is 13.0 Å². The first-order chi connectivity index (χ1) is 6.13. The van der Waals surface area contributed by atoms with E-state index in [2.05, 4.69) is 5.32 Å². The number of nitrogens with one attached hydrogen (secondary N) is 1. The van der Waals surface area contributed by atoms with Crippen LogP contribution >= 0.6 is 34.5 Å².